The molecule has 1 rings (SSSR count). The topological polar surface area (TPSA) is 0 Å². The Balaban J connectivity index is 2.90. The predicted molar refractivity (Wildman–Crippen MR) is 59.3 cm³/mol. The second kappa shape index (κ2) is 4.63. The molecule has 0 saturated carbocycles. The molecule has 0 bridgehead atoms. The monoisotopic (exact) mass is 340 g/mol. The van der Waals surface area contributed by atoms with Gasteiger partial charge in [-0.2, -0.15) is 0 Å². The molecule has 0 saturated heterocycles. The van der Waals surface area contributed by atoms with Crippen LogP contribution in [0, 0.1) is 0 Å². The van der Waals surface area contributed by atoms with Crippen LogP contribution in [0.3, 0.4) is 0 Å². The van der Waals surface area contributed by atoms with Crippen LogP contribution in [0.2, 0.25) is 0 Å². The third-order valence-corrected chi connectivity index (χ3v) is 3.01. The van der Waals surface area contributed by atoms with Crippen molar-refractivity contribution in [2.75, 3.05) is 5.33 Å². The molecule has 0 N–H and O–H groups in total. The molecule has 0 aliphatic rings. The van der Waals surface area contributed by atoms with E-state index in [0.29, 0.717) is 0 Å². The van der Waals surface area contributed by atoms with E-state index < -0.39 is 0 Å². The van der Waals surface area contributed by atoms with Crippen LogP contribution in [0.5, 0.6) is 0 Å². The summed E-state index contributed by atoms with van der Waals surface area (Å²) >= 11 is 10.3. The Morgan fingerprint density at radius 1 is 1.18 bits per heavy atom. The summed E-state index contributed by atoms with van der Waals surface area (Å²) in [7, 11) is 0. The maximum Gasteiger partial charge on any atom is 0.0218 e. The van der Waals surface area contributed by atoms with Gasteiger partial charge in [0.1, 0.15) is 0 Å². The van der Waals surface area contributed by atoms with Crippen LogP contribution < -0.4 is 0 Å². The summed E-state index contributed by atoms with van der Waals surface area (Å²) in [4.78, 5) is 0. The highest BCUT2D eigenvalue weighted by molar-refractivity contribution is 9.11. The van der Waals surface area contributed by atoms with Gasteiger partial charge in [-0.15, -0.1) is 0 Å². The van der Waals surface area contributed by atoms with Gasteiger partial charge in [0, 0.05) is 14.3 Å². The minimum atomic E-state index is 1.01. The maximum atomic E-state index is 3.50. The Morgan fingerprint density at radius 3 is 2.45 bits per heavy atom. The van der Waals surface area contributed by atoms with Crippen LogP contribution in [-0.2, 0) is 6.42 Å². The standard InChI is InChI=1S/C8H7Br3/c9-4-3-6-1-2-7(10)5-8(6)11/h1-2,5H,3-4H2. The van der Waals surface area contributed by atoms with Gasteiger partial charge in [0.25, 0.3) is 0 Å². The summed E-state index contributed by atoms with van der Waals surface area (Å²) in [5, 5.41) is 1.01. The Kier molecular flexibility index (Phi) is 4.10. The summed E-state index contributed by atoms with van der Waals surface area (Å²) in [6, 6.07) is 6.25. The first-order chi connectivity index (χ1) is 5.24. The Bertz CT molecular complexity index is 245. The van der Waals surface area contributed by atoms with E-state index in [9.17, 15) is 0 Å². The quantitative estimate of drug-likeness (QED) is 0.708. The second-order valence-electron chi connectivity index (χ2n) is 2.17. The number of rotatable bonds is 2. The van der Waals surface area contributed by atoms with E-state index in [1.807, 2.05) is 0 Å². The average Bonchev–Trinajstić information content (AvgIpc) is 1.95. The van der Waals surface area contributed by atoms with E-state index >= 15 is 0 Å². The van der Waals surface area contributed by atoms with Gasteiger partial charge < -0.3 is 0 Å². The summed E-state index contributed by atoms with van der Waals surface area (Å²) < 4.78 is 2.29. The lowest BCUT2D eigenvalue weighted by Gasteiger charge is -2.01. The second-order valence-corrected chi connectivity index (χ2v) is 4.74. The van der Waals surface area contributed by atoms with Crippen molar-refractivity contribution in [3.63, 3.8) is 0 Å². The molecule has 3 heteroatoms. The maximum absolute atomic E-state index is 3.50. The molecule has 0 aliphatic heterocycles. The summed E-state index contributed by atoms with van der Waals surface area (Å²) in [5.74, 6) is 0. The fourth-order valence-electron chi connectivity index (χ4n) is 0.826. The number of aryl methyl sites for hydroxylation is 1. The van der Waals surface area contributed by atoms with E-state index in [1.54, 1.807) is 0 Å². The molecule has 60 valence electrons. The lowest BCUT2D eigenvalue weighted by atomic mass is 10.2. The van der Waals surface area contributed by atoms with E-state index in [4.69, 9.17) is 0 Å². The van der Waals surface area contributed by atoms with Gasteiger partial charge >= 0.3 is 0 Å². The Labute approximate surface area is 91.8 Å². The zero-order valence-electron chi connectivity index (χ0n) is 5.78. The minimum absolute atomic E-state index is 1.01. The van der Waals surface area contributed by atoms with Crippen molar-refractivity contribution in [1.82, 2.24) is 0 Å². The molecule has 0 spiro atoms. The highest BCUT2D eigenvalue weighted by Crippen LogP contribution is 2.22. The van der Waals surface area contributed by atoms with Crippen molar-refractivity contribution in [1.29, 1.82) is 0 Å². The van der Waals surface area contributed by atoms with Gasteiger partial charge in [0.15, 0.2) is 0 Å². The molecular formula is C8H7Br3. The first-order valence-electron chi connectivity index (χ1n) is 3.24. The number of hydrogen-bond acceptors (Lipinski definition) is 0. The fraction of sp³-hybridized carbons (Fsp3) is 0.250. The van der Waals surface area contributed by atoms with E-state index in [1.165, 1.54) is 10.0 Å². The zero-order chi connectivity index (χ0) is 8.27. The number of benzene rings is 1. The molecule has 0 heterocycles. The summed E-state index contributed by atoms with van der Waals surface area (Å²) in [5.41, 5.74) is 1.34. The van der Waals surface area contributed by atoms with Crippen LogP contribution in [0.25, 0.3) is 0 Å². The number of hydrogen-bond donors (Lipinski definition) is 0. The zero-order valence-corrected chi connectivity index (χ0v) is 10.5. The van der Waals surface area contributed by atoms with Gasteiger partial charge in [0.05, 0.1) is 0 Å². The molecule has 0 fully saturated rings. The van der Waals surface area contributed by atoms with Crippen LogP contribution in [-0.4, -0.2) is 5.33 Å². The minimum Gasteiger partial charge on any atom is -0.0924 e. The molecule has 0 unspecified atom stereocenters. The van der Waals surface area contributed by atoms with Crippen LogP contribution in [0.1, 0.15) is 5.56 Å². The Morgan fingerprint density at radius 2 is 1.91 bits per heavy atom. The Hall–Kier alpha value is 0.660. The molecule has 11 heavy (non-hydrogen) atoms. The van der Waals surface area contributed by atoms with Gasteiger partial charge in [-0.3, -0.25) is 0 Å². The van der Waals surface area contributed by atoms with Gasteiger partial charge in [0.2, 0.25) is 0 Å². The van der Waals surface area contributed by atoms with Gasteiger partial charge in [-0.1, -0.05) is 53.9 Å². The number of halogens is 3. The van der Waals surface area contributed by atoms with Gasteiger partial charge in [-0.05, 0) is 24.1 Å². The van der Waals surface area contributed by atoms with Gasteiger partial charge in [-0.25, -0.2) is 0 Å². The van der Waals surface area contributed by atoms with Crippen LogP contribution in [0.15, 0.2) is 27.1 Å². The lowest BCUT2D eigenvalue weighted by molar-refractivity contribution is 1.15. The van der Waals surface area contributed by atoms with Crippen molar-refractivity contribution in [2.24, 2.45) is 0 Å². The SMILES string of the molecule is BrCCc1ccc(Br)cc1Br. The van der Waals surface area contributed by atoms with E-state index in [-0.39, 0.29) is 0 Å². The molecule has 0 aromatic heterocycles. The van der Waals surface area contributed by atoms with Crippen LogP contribution in [0.4, 0.5) is 0 Å². The first-order valence-corrected chi connectivity index (χ1v) is 5.94. The van der Waals surface area contributed by atoms with E-state index in [2.05, 4.69) is 66.0 Å². The van der Waals surface area contributed by atoms with Crippen LogP contribution >= 0.6 is 47.8 Å². The molecule has 1 aromatic carbocycles. The number of alkyl halides is 1. The average molecular weight is 343 g/mol. The highest BCUT2D eigenvalue weighted by atomic mass is 79.9. The fourth-order valence-corrected chi connectivity index (χ4v) is 2.50. The lowest BCUT2D eigenvalue weighted by Crippen LogP contribution is -1.86. The summed E-state index contributed by atoms with van der Waals surface area (Å²) in [6.45, 7) is 0. The molecule has 1 aromatic rings. The van der Waals surface area contributed by atoms with Crippen molar-refractivity contribution in [2.45, 2.75) is 6.42 Å². The molecule has 0 aliphatic carbocycles. The highest BCUT2D eigenvalue weighted by Gasteiger charge is 1.98. The smallest absolute Gasteiger partial charge is 0.0218 e. The predicted octanol–water partition coefficient (Wildman–Crippen LogP) is 4.15. The molecule has 0 nitrogen and oxygen atoms in total. The molecular weight excluding hydrogens is 336 g/mol. The first kappa shape index (κ1) is 9.75. The third kappa shape index (κ3) is 2.88. The molecule has 0 amide bonds. The van der Waals surface area contributed by atoms with Crippen molar-refractivity contribution in [3.8, 4) is 0 Å². The third-order valence-electron chi connectivity index (χ3n) is 1.38. The van der Waals surface area contributed by atoms with Crippen molar-refractivity contribution in [3.05, 3.63) is 32.7 Å². The largest absolute Gasteiger partial charge is 0.0924 e. The van der Waals surface area contributed by atoms with E-state index in [0.717, 1.165) is 16.2 Å². The normalized spacial score (nSPS) is 10.1. The summed E-state index contributed by atoms with van der Waals surface area (Å²) in [6.07, 6.45) is 1.06. The van der Waals surface area contributed by atoms with Crippen molar-refractivity contribution < 1.29 is 0 Å². The molecule has 0 radical (unpaired) electrons. The molecule has 0 atom stereocenters. The van der Waals surface area contributed by atoms with Crippen molar-refractivity contribution >= 4 is 47.8 Å².